The fourth-order valence-corrected chi connectivity index (χ4v) is 12.5. The van der Waals surface area contributed by atoms with Gasteiger partial charge in [-0.15, -0.1) is 0 Å². The standard InChI is InChI=1S/C38H56O7.Na/c1-33(2)27-12-15-38(7)29(36(27,5)14-13-28(33)45-31(42)23-11-9-8-10-22(23)30(40)41)26(39)20-24-25-21-35(4,32(43)44)17-16-34(25,3)18-19-37(24,38)6;/h20,22-23,25,27-29H,8-19,21H2,1-7H3,(H,40,41)(H,43,44);/q;+1/t22-,23+,25-,27-,28-,29+,34+,35-,36-,37+,38+;/m0./s1. The van der Waals surface area contributed by atoms with E-state index in [2.05, 4.69) is 41.5 Å². The first-order chi connectivity index (χ1) is 20.8. The molecule has 0 saturated heterocycles. The summed E-state index contributed by atoms with van der Waals surface area (Å²) in [6.07, 6.45) is 12.0. The number of esters is 1. The molecule has 0 radical (unpaired) electrons. The van der Waals surface area contributed by atoms with E-state index < -0.39 is 29.2 Å². The van der Waals surface area contributed by atoms with E-state index in [1.54, 1.807) is 0 Å². The van der Waals surface area contributed by atoms with Crippen molar-refractivity contribution in [3.63, 3.8) is 0 Å². The Morgan fingerprint density at radius 3 is 2.07 bits per heavy atom. The number of carbonyl (C=O) groups is 4. The number of ether oxygens (including phenoxy) is 1. The van der Waals surface area contributed by atoms with Crippen molar-refractivity contribution in [2.45, 2.75) is 138 Å². The number of aliphatic carboxylic acids is 2. The van der Waals surface area contributed by atoms with Gasteiger partial charge in [0, 0.05) is 11.3 Å². The third kappa shape index (κ3) is 5.05. The maximum atomic E-state index is 14.6. The molecule has 6 aliphatic carbocycles. The molecule has 0 heterocycles. The van der Waals surface area contributed by atoms with Gasteiger partial charge in [0.15, 0.2) is 5.78 Å². The summed E-state index contributed by atoms with van der Waals surface area (Å²) in [4.78, 5) is 52.4. The molecule has 11 atom stereocenters. The molecule has 0 unspecified atom stereocenters. The Balaban J connectivity index is 0.00000417. The molecule has 46 heavy (non-hydrogen) atoms. The maximum absolute atomic E-state index is 14.6. The van der Waals surface area contributed by atoms with Crippen LogP contribution in [-0.4, -0.2) is 40.0 Å². The first-order valence-electron chi connectivity index (χ1n) is 17.8. The number of rotatable bonds is 4. The van der Waals surface area contributed by atoms with Crippen molar-refractivity contribution in [2.75, 3.05) is 0 Å². The Morgan fingerprint density at radius 2 is 1.43 bits per heavy atom. The number of allylic oxidation sites excluding steroid dienone is 2. The second-order valence-corrected chi connectivity index (χ2v) is 18.2. The van der Waals surface area contributed by atoms with E-state index in [1.807, 2.05) is 13.0 Å². The summed E-state index contributed by atoms with van der Waals surface area (Å²) in [7, 11) is 0. The van der Waals surface area contributed by atoms with Gasteiger partial charge < -0.3 is 14.9 Å². The van der Waals surface area contributed by atoms with E-state index in [0.29, 0.717) is 32.1 Å². The number of carboxylic acid groups (broad SMARTS) is 2. The van der Waals surface area contributed by atoms with E-state index in [4.69, 9.17) is 4.74 Å². The van der Waals surface area contributed by atoms with Crippen molar-refractivity contribution in [1.82, 2.24) is 0 Å². The minimum atomic E-state index is -0.903. The smallest absolute Gasteiger partial charge is 0.481 e. The molecule has 0 aliphatic heterocycles. The normalized spacial score (nSPS) is 47.8. The van der Waals surface area contributed by atoms with Crippen molar-refractivity contribution in [1.29, 1.82) is 0 Å². The molecule has 6 aliphatic rings. The molecule has 2 N–H and O–H groups in total. The van der Waals surface area contributed by atoms with E-state index in [1.165, 1.54) is 5.57 Å². The Morgan fingerprint density at radius 1 is 0.804 bits per heavy atom. The fourth-order valence-electron chi connectivity index (χ4n) is 12.5. The largest absolute Gasteiger partial charge is 1.00 e. The molecule has 5 fully saturated rings. The minimum Gasteiger partial charge on any atom is -0.481 e. The van der Waals surface area contributed by atoms with E-state index in [0.717, 1.165) is 51.4 Å². The van der Waals surface area contributed by atoms with Gasteiger partial charge in [-0.3, -0.25) is 19.2 Å². The van der Waals surface area contributed by atoms with Gasteiger partial charge in [0.25, 0.3) is 0 Å². The predicted octanol–water partition coefficient (Wildman–Crippen LogP) is 4.86. The van der Waals surface area contributed by atoms with E-state index in [-0.39, 0.29) is 92.2 Å². The third-order valence-corrected chi connectivity index (χ3v) is 15.7. The van der Waals surface area contributed by atoms with Crippen LogP contribution in [0.4, 0.5) is 0 Å². The van der Waals surface area contributed by atoms with Crippen molar-refractivity contribution in [3.8, 4) is 0 Å². The van der Waals surface area contributed by atoms with Crippen molar-refractivity contribution in [2.24, 2.45) is 62.1 Å². The van der Waals surface area contributed by atoms with Gasteiger partial charge >= 0.3 is 47.5 Å². The first kappa shape index (κ1) is 36.1. The fraction of sp³-hybridized carbons (Fsp3) is 0.842. The van der Waals surface area contributed by atoms with E-state index in [9.17, 15) is 29.4 Å². The number of fused-ring (bicyclic) bond motifs is 7. The van der Waals surface area contributed by atoms with Crippen molar-refractivity contribution >= 4 is 23.7 Å². The van der Waals surface area contributed by atoms with Gasteiger partial charge in [-0.05, 0) is 117 Å². The van der Waals surface area contributed by atoms with Gasteiger partial charge in [0.05, 0.1) is 17.3 Å². The number of carbonyl (C=O) groups excluding carboxylic acids is 2. The van der Waals surface area contributed by atoms with E-state index >= 15 is 0 Å². The first-order valence-corrected chi connectivity index (χ1v) is 17.8. The molecule has 6 rings (SSSR count). The number of hydrogen-bond acceptors (Lipinski definition) is 5. The van der Waals surface area contributed by atoms with Gasteiger partial charge in [-0.25, -0.2) is 0 Å². The van der Waals surface area contributed by atoms with Crippen molar-refractivity contribution < 1.29 is 63.7 Å². The van der Waals surface area contributed by atoms with Crippen LogP contribution in [0, 0.1) is 62.1 Å². The van der Waals surface area contributed by atoms with Crippen LogP contribution in [0.2, 0.25) is 0 Å². The monoisotopic (exact) mass is 647 g/mol. The molecular formula is C38H56NaO7+. The number of hydrogen-bond donors (Lipinski definition) is 2. The average molecular weight is 648 g/mol. The molecule has 0 spiro atoms. The summed E-state index contributed by atoms with van der Waals surface area (Å²) in [6.45, 7) is 15.7. The quantitative estimate of drug-likeness (QED) is 0.331. The molecule has 7 nitrogen and oxygen atoms in total. The molecule has 250 valence electrons. The summed E-state index contributed by atoms with van der Waals surface area (Å²) < 4.78 is 6.28. The second-order valence-electron chi connectivity index (χ2n) is 18.2. The third-order valence-electron chi connectivity index (χ3n) is 15.7. The molecule has 0 bridgehead atoms. The summed E-state index contributed by atoms with van der Waals surface area (Å²) in [5, 5.41) is 20.0. The second kappa shape index (κ2) is 11.7. The van der Waals surface area contributed by atoms with Crippen LogP contribution in [-0.2, 0) is 23.9 Å². The molecule has 8 heteroatoms. The van der Waals surface area contributed by atoms with Crippen LogP contribution in [0.5, 0.6) is 0 Å². The zero-order valence-corrected chi connectivity index (χ0v) is 31.7. The molecular weight excluding hydrogens is 591 g/mol. The van der Waals surface area contributed by atoms with Gasteiger partial charge in [0.2, 0.25) is 0 Å². The molecule has 0 aromatic carbocycles. The van der Waals surface area contributed by atoms with Crippen LogP contribution in [0.15, 0.2) is 11.6 Å². The van der Waals surface area contributed by atoms with Gasteiger partial charge in [0.1, 0.15) is 6.10 Å². The van der Waals surface area contributed by atoms with Gasteiger partial charge in [-0.1, -0.05) is 60.0 Å². The predicted molar refractivity (Wildman–Crippen MR) is 170 cm³/mol. The number of carboxylic acids is 2. The molecule has 0 amide bonds. The zero-order valence-electron chi connectivity index (χ0n) is 29.7. The summed E-state index contributed by atoms with van der Waals surface area (Å²) in [5.41, 5.74) is -0.576. The molecule has 0 aromatic rings. The molecule has 5 saturated carbocycles. The zero-order chi connectivity index (χ0) is 33.0. The Kier molecular flexibility index (Phi) is 9.20. The topological polar surface area (TPSA) is 118 Å². The average Bonchev–Trinajstić information content (AvgIpc) is 2.96. The summed E-state index contributed by atoms with van der Waals surface area (Å²) in [5.74, 6) is -2.91. The van der Waals surface area contributed by atoms with Gasteiger partial charge in [-0.2, -0.15) is 0 Å². The van der Waals surface area contributed by atoms with Crippen LogP contribution < -0.4 is 29.6 Å². The Hall–Kier alpha value is -1.18. The number of ketones is 1. The SMILES string of the molecule is CC1(C)[C@@H](OC(=O)[C@@H]2CCCC[C@@H]2C(=O)O)CC[C@]2(C)[C@H]3C(=O)C=C4[C@@H]5C[C@@](C)(C(=O)O)CC[C@]5(C)CC[C@@]4(C)[C@]3(C)CC[C@@H]12.[Na+]. The Bertz CT molecular complexity index is 1340. The maximum Gasteiger partial charge on any atom is 1.00 e. The van der Waals surface area contributed by atoms with Crippen LogP contribution in [0.3, 0.4) is 0 Å². The van der Waals surface area contributed by atoms with Crippen LogP contribution >= 0.6 is 0 Å². The van der Waals surface area contributed by atoms with Crippen LogP contribution in [0.1, 0.15) is 132 Å². The molecule has 0 aromatic heterocycles. The summed E-state index contributed by atoms with van der Waals surface area (Å²) >= 11 is 0. The van der Waals surface area contributed by atoms with Crippen LogP contribution in [0.25, 0.3) is 0 Å². The van der Waals surface area contributed by atoms with Crippen molar-refractivity contribution in [3.05, 3.63) is 11.6 Å². The minimum absolute atomic E-state index is 0. The Labute approximate surface area is 297 Å². The summed E-state index contributed by atoms with van der Waals surface area (Å²) in [6, 6.07) is 0.